The maximum Gasteiger partial charge on any atom is 0.242 e. The molecule has 1 unspecified atom stereocenters. The number of aryl methyl sites for hydroxylation is 1. The zero-order chi connectivity index (χ0) is 22.2. The van der Waals surface area contributed by atoms with Crippen molar-refractivity contribution in [1.82, 2.24) is 24.8 Å². The SMILES string of the molecule is CCCn1cc2c(C3C(=O)Nc4ccc(Br)cc43)nc(N(CC)N3CCOCC3)nc2n1. The van der Waals surface area contributed by atoms with Gasteiger partial charge in [0.15, 0.2) is 5.65 Å². The highest BCUT2D eigenvalue weighted by atomic mass is 79.9. The van der Waals surface area contributed by atoms with Gasteiger partial charge in [0.1, 0.15) is 5.92 Å². The van der Waals surface area contributed by atoms with Crippen LogP contribution in [-0.2, 0) is 16.1 Å². The van der Waals surface area contributed by atoms with Crippen LogP contribution in [0.3, 0.4) is 0 Å². The van der Waals surface area contributed by atoms with Crippen molar-refractivity contribution in [2.24, 2.45) is 0 Å². The van der Waals surface area contributed by atoms with Gasteiger partial charge in [0.2, 0.25) is 11.9 Å². The minimum absolute atomic E-state index is 0.0817. The summed E-state index contributed by atoms with van der Waals surface area (Å²) in [5, 5.41) is 12.8. The number of benzene rings is 1. The van der Waals surface area contributed by atoms with Gasteiger partial charge in [-0.1, -0.05) is 22.9 Å². The first-order valence-electron chi connectivity index (χ1n) is 11.0. The van der Waals surface area contributed by atoms with E-state index in [9.17, 15) is 4.79 Å². The first kappa shape index (κ1) is 21.3. The second kappa shape index (κ2) is 8.76. The number of hydrogen-bond donors (Lipinski definition) is 1. The Balaban J connectivity index is 1.67. The van der Waals surface area contributed by atoms with Crippen LogP contribution >= 0.6 is 15.9 Å². The number of nitrogens with one attached hydrogen (secondary N) is 1. The highest BCUT2D eigenvalue weighted by molar-refractivity contribution is 9.10. The molecule has 1 fully saturated rings. The Hall–Kier alpha value is -2.56. The van der Waals surface area contributed by atoms with E-state index in [4.69, 9.17) is 19.8 Å². The highest BCUT2D eigenvalue weighted by Crippen LogP contribution is 2.40. The summed E-state index contributed by atoms with van der Waals surface area (Å²) in [6.07, 6.45) is 2.92. The number of morpholine rings is 1. The van der Waals surface area contributed by atoms with Crippen molar-refractivity contribution in [1.29, 1.82) is 0 Å². The normalized spacial score (nSPS) is 18.7. The molecule has 2 aliphatic heterocycles. The minimum atomic E-state index is -0.519. The smallest absolute Gasteiger partial charge is 0.242 e. The van der Waals surface area contributed by atoms with Crippen molar-refractivity contribution in [3.05, 3.63) is 40.1 Å². The summed E-state index contributed by atoms with van der Waals surface area (Å²) in [6.45, 7) is 8.56. The largest absolute Gasteiger partial charge is 0.379 e. The fourth-order valence-electron chi connectivity index (χ4n) is 4.41. The van der Waals surface area contributed by atoms with Gasteiger partial charge in [-0.05, 0) is 37.1 Å². The Morgan fingerprint density at radius 1 is 1.25 bits per heavy atom. The molecule has 10 heteroatoms. The lowest BCUT2D eigenvalue weighted by atomic mass is 9.95. The molecule has 2 aromatic heterocycles. The molecule has 1 amide bonds. The Kier molecular flexibility index (Phi) is 5.83. The van der Waals surface area contributed by atoms with Crippen LogP contribution in [-0.4, -0.2) is 63.5 Å². The molecule has 168 valence electrons. The average molecular weight is 500 g/mol. The molecule has 0 saturated carbocycles. The molecule has 9 nitrogen and oxygen atoms in total. The van der Waals surface area contributed by atoms with E-state index < -0.39 is 5.92 Å². The number of aromatic nitrogens is 4. The molecule has 5 rings (SSSR count). The van der Waals surface area contributed by atoms with E-state index in [0.717, 1.165) is 47.2 Å². The third-order valence-electron chi connectivity index (χ3n) is 5.87. The zero-order valence-electron chi connectivity index (χ0n) is 18.2. The van der Waals surface area contributed by atoms with Gasteiger partial charge < -0.3 is 10.1 Å². The average Bonchev–Trinajstić information content (AvgIpc) is 3.34. The summed E-state index contributed by atoms with van der Waals surface area (Å²) in [4.78, 5) is 22.9. The zero-order valence-corrected chi connectivity index (χ0v) is 19.8. The number of halogens is 1. The van der Waals surface area contributed by atoms with Gasteiger partial charge in [0.25, 0.3) is 0 Å². The fraction of sp³-hybridized carbons (Fsp3) is 0.455. The maximum absolute atomic E-state index is 13.1. The van der Waals surface area contributed by atoms with Gasteiger partial charge >= 0.3 is 0 Å². The Morgan fingerprint density at radius 3 is 2.81 bits per heavy atom. The monoisotopic (exact) mass is 499 g/mol. The van der Waals surface area contributed by atoms with Gasteiger partial charge in [-0.25, -0.2) is 9.99 Å². The van der Waals surface area contributed by atoms with Crippen LogP contribution in [0.4, 0.5) is 11.6 Å². The van der Waals surface area contributed by atoms with E-state index in [2.05, 4.69) is 45.1 Å². The molecule has 4 heterocycles. The summed E-state index contributed by atoms with van der Waals surface area (Å²) >= 11 is 3.55. The molecular formula is C22H26BrN7O2. The molecule has 1 N–H and O–H groups in total. The van der Waals surface area contributed by atoms with E-state index in [1.807, 2.05) is 29.1 Å². The molecule has 3 aromatic rings. The van der Waals surface area contributed by atoms with Crippen molar-refractivity contribution in [3.8, 4) is 0 Å². The number of carbonyl (C=O) groups is 1. The second-order valence-electron chi connectivity index (χ2n) is 7.97. The quantitative estimate of drug-likeness (QED) is 0.557. The molecule has 2 aliphatic rings. The lowest BCUT2D eigenvalue weighted by Crippen LogP contribution is -2.49. The van der Waals surface area contributed by atoms with Crippen molar-refractivity contribution >= 4 is 44.5 Å². The summed E-state index contributed by atoms with van der Waals surface area (Å²) in [5.74, 6) is -0.0361. The molecule has 0 radical (unpaired) electrons. The summed E-state index contributed by atoms with van der Waals surface area (Å²) < 4.78 is 8.34. The molecular weight excluding hydrogens is 474 g/mol. The third-order valence-corrected chi connectivity index (χ3v) is 6.37. The van der Waals surface area contributed by atoms with E-state index in [0.29, 0.717) is 37.0 Å². The Labute approximate surface area is 194 Å². The number of ether oxygens (including phenoxy) is 1. The predicted molar refractivity (Wildman–Crippen MR) is 126 cm³/mol. The molecule has 0 aliphatic carbocycles. The lowest BCUT2D eigenvalue weighted by molar-refractivity contribution is -0.116. The number of hydrazine groups is 1. The number of rotatable bonds is 6. The van der Waals surface area contributed by atoms with Crippen LogP contribution in [0.5, 0.6) is 0 Å². The number of amides is 1. The first-order chi connectivity index (χ1) is 15.6. The van der Waals surface area contributed by atoms with Crippen LogP contribution < -0.4 is 10.3 Å². The number of carbonyl (C=O) groups excluding carboxylic acids is 1. The van der Waals surface area contributed by atoms with Crippen molar-refractivity contribution < 1.29 is 9.53 Å². The topological polar surface area (TPSA) is 88.4 Å². The Bertz CT molecular complexity index is 1160. The standard InChI is InChI=1S/C22H26BrN7O2/c1-3-7-28-13-16-19(18-15-12-14(23)5-6-17(15)24-21(18)31)25-22(26-20(16)27-28)30(4-2)29-8-10-32-11-9-29/h5-6,12-13,18H,3-4,7-11H2,1-2H3,(H,24,31). The van der Waals surface area contributed by atoms with Crippen molar-refractivity contribution in [3.63, 3.8) is 0 Å². The van der Waals surface area contributed by atoms with Gasteiger partial charge in [-0.15, -0.1) is 0 Å². The first-order valence-corrected chi connectivity index (χ1v) is 11.8. The number of anilines is 2. The molecule has 1 saturated heterocycles. The van der Waals surface area contributed by atoms with Crippen LogP contribution in [0.25, 0.3) is 11.0 Å². The van der Waals surface area contributed by atoms with Crippen molar-refractivity contribution in [2.45, 2.75) is 32.7 Å². The van der Waals surface area contributed by atoms with Gasteiger partial charge in [-0.3, -0.25) is 14.5 Å². The van der Waals surface area contributed by atoms with Crippen molar-refractivity contribution in [2.75, 3.05) is 43.2 Å². The highest BCUT2D eigenvalue weighted by Gasteiger charge is 2.36. The number of fused-ring (bicyclic) bond motifs is 2. The maximum atomic E-state index is 13.1. The van der Waals surface area contributed by atoms with Gasteiger partial charge in [-0.2, -0.15) is 10.1 Å². The summed E-state index contributed by atoms with van der Waals surface area (Å²) in [7, 11) is 0. The second-order valence-corrected chi connectivity index (χ2v) is 8.89. The lowest BCUT2D eigenvalue weighted by Gasteiger charge is -2.36. The van der Waals surface area contributed by atoms with Crippen LogP contribution in [0.2, 0.25) is 0 Å². The molecule has 0 bridgehead atoms. The third kappa shape index (κ3) is 3.76. The molecule has 0 spiro atoms. The van der Waals surface area contributed by atoms with E-state index >= 15 is 0 Å². The predicted octanol–water partition coefficient (Wildman–Crippen LogP) is 3.16. The Morgan fingerprint density at radius 2 is 2.06 bits per heavy atom. The molecule has 32 heavy (non-hydrogen) atoms. The fourth-order valence-corrected chi connectivity index (χ4v) is 4.79. The van der Waals surface area contributed by atoms with Crippen LogP contribution in [0, 0.1) is 0 Å². The number of nitrogens with zero attached hydrogens (tertiary/aromatic N) is 6. The van der Waals surface area contributed by atoms with E-state index in [1.54, 1.807) is 0 Å². The van der Waals surface area contributed by atoms with E-state index in [1.165, 1.54) is 0 Å². The van der Waals surface area contributed by atoms with Gasteiger partial charge in [0.05, 0.1) is 24.3 Å². The summed E-state index contributed by atoms with van der Waals surface area (Å²) in [5.41, 5.74) is 3.03. The van der Waals surface area contributed by atoms with Crippen LogP contribution in [0.1, 0.15) is 37.4 Å². The molecule has 1 atom stereocenters. The molecule has 1 aromatic carbocycles. The van der Waals surface area contributed by atoms with Crippen LogP contribution in [0.15, 0.2) is 28.9 Å². The number of hydrogen-bond acceptors (Lipinski definition) is 7. The minimum Gasteiger partial charge on any atom is -0.379 e. The van der Waals surface area contributed by atoms with E-state index in [-0.39, 0.29) is 5.91 Å². The van der Waals surface area contributed by atoms with Gasteiger partial charge in [0, 0.05) is 42.5 Å². The summed E-state index contributed by atoms with van der Waals surface area (Å²) in [6, 6.07) is 5.84.